The van der Waals surface area contributed by atoms with Crippen LogP contribution in [-0.4, -0.2) is 53.5 Å². The standard InChI is InChI=1S/C22H26N2O4/c1-13(11-25)9-23-19-8-7-18(24-10-15(27)12-26)20-14(2)16-5-3-4-6-17(16)22(28)21(19)20/h3-8,13,15,23-27H,2,9-12H2,1H3. The van der Waals surface area contributed by atoms with Gasteiger partial charge in [0.25, 0.3) is 0 Å². The second kappa shape index (κ2) is 8.56. The molecule has 0 saturated heterocycles. The van der Waals surface area contributed by atoms with Crippen LogP contribution in [0.25, 0.3) is 5.57 Å². The third-order valence-electron chi connectivity index (χ3n) is 4.92. The smallest absolute Gasteiger partial charge is 0.196 e. The van der Waals surface area contributed by atoms with Gasteiger partial charge in [-0.15, -0.1) is 0 Å². The predicted molar refractivity (Wildman–Crippen MR) is 111 cm³/mol. The molecule has 1 aliphatic rings. The maximum atomic E-state index is 13.3. The zero-order chi connectivity index (χ0) is 20.3. The minimum absolute atomic E-state index is 0.0438. The molecule has 0 radical (unpaired) electrons. The van der Waals surface area contributed by atoms with E-state index in [0.29, 0.717) is 34.6 Å². The van der Waals surface area contributed by atoms with Gasteiger partial charge in [0.15, 0.2) is 5.78 Å². The number of nitrogens with one attached hydrogen (secondary N) is 2. The van der Waals surface area contributed by atoms with E-state index in [1.165, 1.54) is 0 Å². The van der Waals surface area contributed by atoms with E-state index in [0.717, 1.165) is 11.1 Å². The fraction of sp³-hybridized carbons (Fsp3) is 0.318. The number of benzene rings is 2. The van der Waals surface area contributed by atoms with E-state index in [-0.39, 0.29) is 31.5 Å². The van der Waals surface area contributed by atoms with Gasteiger partial charge in [0, 0.05) is 42.2 Å². The molecule has 2 aromatic rings. The van der Waals surface area contributed by atoms with E-state index in [1.807, 2.05) is 37.3 Å². The van der Waals surface area contributed by atoms with Crippen molar-refractivity contribution in [2.24, 2.45) is 5.92 Å². The molecule has 0 spiro atoms. The van der Waals surface area contributed by atoms with Gasteiger partial charge in [-0.1, -0.05) is 37.8 Å². The van der Waals surface area contributed by atoms with Crippen LogP contribution in [0, 0.1) is 5.92 Å². The van der Waals surface area contributed by atoms with Crippen LogP contribution in [0.3, 0.4) is 0 Å². The molecule has 5 N–H and O–H groups in total. The molecular weight excluding hydrogens is 356 g/mol. The molecule has 6 heteroatoms. The molecule has 148 valence electrons. The zero-order valence-corrected chi connectivity index (χ0v) is 15.9. The summed E-state index contributed by atoms with van der Waals surface area (Å²) >= 11 is 0. The van der Waals surface area contributed by atoms with Crippen molar-refractivity contribution >= 4 is 22.7 Å². The first-order chi connectivity index (χ1) is 13.5. The lowest BCUT2D eigenvalue weighted by atomic mass is 9.80. The van der Waals surface area contributed by atoms with Gasteiger partial charge in [0.05, 0.1) is 18.3 Å². The fourth-order valence-electron chi connectivity index (χ4n) is 3.30. The number of ketones is 1. The second-order valence-electron chi connectivity index (χ2n) is 7.15. The van der Waals surface area contributed by atoms with Crippen molar-refractivity contribution in [1.29, 1.82) is 0 Å². The maximum absolute atomic E-state index is 13.3. The van der Waals surface area contributed by atoms with E-state index >= 15 is 0 Å². The molecule has 0 heterocycles. The van der Waals surface area contributed by atoms with Crippen molar-refractivity contribution in [3.63, 3.8) is 0 Å². The van der Waals surface area contributed by atoms with Crippen LogP contribution >= 0.6 is 0 Å². The van der Waals surface area contributed by atoms with E-state index in [2.05, 4.69) is 17.2 Å². The normalized spacial score (nSPS) is 14.9. The molecule has 0 fully saturated rings. The first-order valence-electron chi connectivity index (χ1n) is 9.35. The molecule has 0 aromatic heterocycles. The van der Waals surface area contributed by atoms with E-state index in [4.69, 9.17) is 5.11 Å². The number of anilines is 2. The minimum atomic E-state index is -0.904. The Morgan fingerprint density at radius 3 is 2.18 bits per heavy atom. The summed E-state index contributed by atoms with van der Waals surface area (Å²) in [7, 11) is 0. The highest BCUT2D eigenvalue weighted by molar-refractivity contribution is 6.22. The summed E-state index contributed by atoms with van der Waals surface area (Å²) in [6.45, 7) is 6.52. The first kappa shape index (κ1) is 20.1. The molecule has 2 atom stereocenters. The number of hydrogen-bond acceptors (Lipinski definition) is 6. The van der Waals surface area contributed by atoms with Crippen LogP contribution in [0.2, 0.25) is 0 Å². The summed E-state index contributed by atoms with van der Waals surface area (Å²) in [4.78, 5) is 13.3. The zero-order valence-electron chi connectivity index (χ0n) is 15.9. The summed E-state index contributed by atoms with van der Waals surface area (Å²) in [5, 5.41) is 34.4. The molecular formula is C22H26N2O4. The van der Waals surface area contributed by atoms with Crippen molar-refractivity contribution in [3.05, 3.63) is 65.2 Å². The maximum Gasteiger partial charge on any atom is 0.196 e. The highest BCUT2D eigenvalue weighted by atomic mass is 16.3. The summed E-state index contributed by atoms with van der Waals surface area (Å²) in [6, 6.07) is 11.0. The Hall–Kier alpha value is -2.67. The summed E-state index contributed by atoms with van der Waals surface area (Å²) < 4.78 is 0. The number of carbonyl (C=O) groups excluding carboxylic acids is 1. The lowest BCUT2D eigenvalue weighted by molar-refractivity contribution is 0.103. The predicted octanol–water partition coefficient (Wildman–Crippen LogP) is 2.10. The molecule has 28 heavy (non-hydrogen) atoms. The van der Waals surface area contributed by atoms with Gasteiger partial charge in [-0.2, -0.15) is 0 Å². The lowest BCUT2D eigenvalue weighted by Gasteiger charge is -2.27. The van der Waals surface area contributed by atoms with Crippen molar-refractivity contribution in [1.82, 2.24) is 0 Å². The molecule has 0 saturated carbocycles. The molecule has 0 amide bonds. The Bertz CT molecular complexity index is 822. The second-order valence-corrected chi connectivity index (χ2v) is 7.15. The van der Waals surface area contributed by atoms with Crippen molar-refractivity contribution in [3.8, 4) is 0 Å². The average Bonchev–Trinajstić information content (AvgIpc) is 2.73. The third-order valence-corrected chi connectivity index (χ3v) is 4.92. The Labute approximate surface area is 164 Å². The van der Waals surface area contributed by atoms with Gasteiger partial charge in [-0.3, -0.25) is 4.79 Å². The Morgan fingerprint density at radius 1 is 0.929 bits per heavy atom. The van der Waals surface area contributed by atoms with Crippen LogP contribution < -0.4 is 10.6 Å². The van der Waals surface area contributed by atoms with E-state index < -0.39 is 6.10 Å². The molecule has 1 aliphatic carbocycles. The quantitative estimate of drug-likeness (QED) is 0.409. The monoisotopic (exact) mass is 382 g/mol. The number of hydrogen-bond donors (Lipinski definition) is 5. The number of fused-ring (bicyclic) bond motifs is 2. The first-order valence-corrected chi connectivity index (χ1v) is 9.35. The fourth-order valence-corrected chi connectivity index (χ4v) is 3.30. The highest BCUT2D eigenvalue weighted by Crippen LogP contribution is 2.42. The molecule has 0 aliphatic heterocycles. The van der Waals surface area contributed by atoms with Crippen LogP contribution in [0.15, 0.2) is 43.0 Å². The summed E-state index contributed by atoms with van der Waals surface area (Å²) in [5.41, 5.74) is 4.69. The number of carbonyl (C=O) groups is 1. The Morgan fingerprint density at radius 2 is 1.54 bits per heavy atom. The topological polar surface area (TPSA) is 102 Å². The molecule has 2 aromatic carbocycles. The van der Waals surface area contributed by atoms with Crippen LogP contribution in [0.1, 0.15) is 34.0 Å². The minimum Gasteiger partial charge on any atom is -0.396 e. The largest absolute Gasteiger partial charge is 0.396 e. The van der Waals surface area contributed by atoms with Gasteiger partial charge in [0.2, 0.25) is 0 Å². The third kappa shape index (κ3) is 3.80. The Balaban J connectivity index is 2.07. The molecule has 3 rings (SSSR count). The van der Waals surface area contributed by atoms with Crippen molar-refractivity contribution < 1.29 is 20.1 Å². The van der Waals surface area contributed by atoms with Crippen molar-refractivity contribution in [2.45, 2.75) is 13.0 Å². The Kier molecular flexibility index (Phi) is 6.14. The molecule has 6 nitrogen and oxygen atoms in total. The van der Waals surface area contributed by atoms with Crippen molar-refractivity contribution in [2.75, 3.05) is 36.9 Å². The van der Waals surface area contributed by atoms with Crippen LogP contribution in [-0.2, 0) is 0 Å². The highest BCUT2D eigenvalue weighted by Gasteiger charge is 2.30. The summed E-state index contributed by atoms with van der Waals surface area (Å²) in [5.74, 6) is -0.0501. The summed E-state index contributed by atoms with van der Waals surface area (Å²) in [6.07, 6.45) is -0.904. The number of aliphatic hydroxyl groups is 3. The van der Waals surface area contributed by atoms with Crippen LogP contribution in [0.4, 0.5) is 11.4 Å². The lowest BCUT2D eigenvalue weighted by Crippen LogP contribution is -2.25. The van der Waals surface area contributed by atoms with Gasteiger partial charge < -0.3 is 26.0 Å². The average molecular weight is 382 g/mol. The van der Waals surface area contributed by atoms with Gasteiger partial charge >= 0.3 is 0 Å². The van der Waals surface area contributed by atoms with Gasteiger partial charge in [0.1, 0.15) is 0 Å². The van der Waals surface area contributed by atoms with E-state index in [1.54, 1.807) is 6.07 Å². The van der Waals surface area contributed by atoms with Gasteiger partial charge in [-0.25, -0.2) is 0 Å². The molecule has 0 bridgehead atoms. The number of aliphatic hydroxyl groups excluding tert-OH is 3. The van der Waals surface area contributed by atoms with E-state index in [9.17, 15) is 15.0 Å². The number of rotatable bonds is 8. The van der Waals surface area contributed by atoms with Crippen LogP contribution in [0.5, 0.6) is 0 Å². The molecule has 2 unspecified atom stereocenters. The van der Waals surface area contributed by atoms with Gasteiger partial charge in [-0.05, 0) is 29.2 Å². The SMILES string of the molecule is C=C1c2ccccc2C(=O)c2c(NCC(C)CO)ccc(NCC(O)CO)c21.